The van der Waals surface area contributed by atoms with Gasteiger partial charge in [0.15, 0.2) is 0 Å². The second-order valence-electron chi connectivity index (χ2n) is 7.32. The summed E-state index contributed by atoms with van der Waals surface area (Å²) in [5.41, 5.74) is 1.77. The third kappa shape index (κ3) is 1.98. The summed E-state index contributed by atoms with van der Waals surface area (Å²) in [7, 11) is 0. The van der Waals surface area contributed by atoms with Gasteiger partial charge in [0.05, 0.1) is 0 Å². The molecule has 0 amide bonds. The van der Waals surface area contributed by atoms with Gasteiger partial charge in [0.2, 0.25) is 0 Å². The standard InChI is InChI=1S/C21H20/c1-21(2,3)13-17-12-16-8-4-6-14-10-11-15-7-5-9-18(17)20(15)19(14)16/h4-12H,13H2,1-3H3. The van der Waals surface area contributed by atoms with Crippen molar-refractivity contribution >= 4 is 32.3 Å². The topological polar surface area (TPSA) is 0 Å². The Bertz CT molecular complexity index is 939. The minimum atomic E-state index is 0.300. The van der Waals surface area contributed by atoms with Crippen LogP contribution in [0.15, 0.2) is 54.6 Å². The van der Waals surface area contributed by atoms with E-state index in [-0.39, 0.29) is 0 Å². The lowest BCUT2D eigenvalue weighted by Gasteiger charge is -2.21. The van der Waals surface area contributed by atoms with Gasteiger partial charge < -0.3 is 0 Å². The zero-order valence-electron chi connectivity index (χ0n) is 12.9. The molecule has 0 N–H and O–H groups in total. The third-order valence-electron chi connectivity index (χ3n) is 4.31. The van der Waals surface area contributed by atoms with Crippen LogP contribution in [-0.2, 0) is 6.42 Å². The van der Waals surface area contributed by atoms with E-state index in [9.17, 15) is 0 Å². The van der Waals surface area contributed by atoms with Crippen molar-refractivity contribution in [3.63, 3.8) is 0 Å². The van der Waals surface area contributed by atoms with Gasteiger partial charge in [0.25, 0.3) is 0 Å². The van der Waals surface area contributed by atoms with Gasteiger partial charge in [-0.05, 0) is 49.7 Å². The van der Waals surface area contributed by atoms with Crippen molar-refractivity contribution in [1.29, 1.82) is 0 Å². The molecule has 104 valence electrons. The molecule has 0 saturated heterocycles. The fourth-order valence-corrected chi connectivity index (χ4v) is 3.55. The minimum Gasteiger partial charge on any atom is -0.0610 e. The van der Waals surface area contributed by atoms with Gasteiger partial charge in [-0.2, -0.15) is 0 Å². The van der Waals surface area contributed by atoms with Crippen LogP contribution in [-0.4, -0.2) is 0 Å². The molecule has 0 aromatic heterocycles. The Balaban J connectivity index is 2.20. The van der Waals surface area contributed by atoms with Crippen LogP contribution in [0.25, 0.3) is 32.3 Å². The third-order valence-corrected chi connectivity index (χ3v) is 4.31. The first kappa shape index (κ1) is 12.6. The minimum absolute atomic E-state index is 0.300. The summed E-state index contributed by atoms with van der Waals surface area (Å²) in [6.45, 7) is 6.94. The average Bonchev–Trinajstić information content (AvgIpc) is 2.44. The van der Waals surface area contributed by atoms with Crippen molar-refractivity contribution in [3.8, 4) is 0 Å². The summed E-state index contributed by atoms with van der Waals surface area (Å²) in [6.07, 6.45) is 1.11. The molecule has 0 atom stereocenters. The summed E-state index contributed by atoms with van der Waals surface area (Å²) in [6, 6.07) is 20.2. The van der Waals surface area contributed by atoms with Crippen LogP contribution in [0.2, 0.25) is 0 Å². The van der Waals surface area contributed by atoms with Crippen molar-refractivity contribution in [2.24, 2.45) is 5.41 Å². The molecule has 0 heteroatoms. The molecule has 4 rings (SSSR count). The molecule has 0 heterocycles. The summed E-state index contributed by atoms with van der Waals surface area (Å²) < 4.78 is 0. The van der Waals surface area contributed by atoms with Gasteiger partial charge >= 0.3 is 0 Å². The molecule has 0 bridgehead atoms. The molecule has 4 aromatic carbocycles. The number of benzene rings is 4. The Hall–Kier alpha value is -2.08. The monoisotopic (exact) mass is 272 g/mol. The maximum Gasteiger partial charge on any atom is -0.00240 e. The lowest BCUT2D eigenvalue weighted by Crippen LogP contribution is -2.09. The van der Waals surface area contributed by atoms with E-state index in [1.165, 1.54) is 37.9 Å². The highest BCUT2D eigenvalue weighted by Crippen LogP contribution is 2.38. The molecule has 0 nitrogen and oxygen atoms in total. The molecule has 0 unspecified atom stereocenters. The van der Waals surface area contributed by atoms with Gasteiger partial charge in [0.1, 0.15) is 0 Å². The maximum atomic E-state index is 2.40. The number of hydrogen-bond acceptors (Lipinski definition) is 0. The molecule has 0 radical (unpaired) electrons. The van der Waals surface area contributed by atoms with E-state index in [1.807, 2.05) is 0 Å². The molecule has 0 aliphatic carbocycles. The SMILES string of the molecule is CC(C)(C)Cc1cc2cccc3ccc4cccc1c4c32. The predicted molar refractivity (Wildman–Crippen MR) is 93.3 cm³/mol. The van der Waals surface area contributed by atoms with Gasteiger partial charge in [-0.1, -0.05) is 75.4 Å². The lowest BCUT2D eigenvalue weighted by atomic mass is 9.83. The number of rotatable bonds is 1. The summed E-state index contributed by atoms with van der Waals surface area (Å²) in [4.78, 5) is 0. The average molecular weight is 272 g/mol. The molecular formula is C21H20. The van der Waals surface area contributed by atoms with Crippen LogP contribution in [0.5, 0.6) is 0 Å². The zero-order valence-corrected chi connectivity index (χ0v) is 12.9. The highest BCUT2D eigenvalue weighted by molar-refractivity contribution is 6.23. The summed E-state index contributed by atoms with van der Waals surface area (Å²) in [5, 5.41) is 8.35. The van der Waals surface area contributed by atoms with E-state index in [4.69, 9.17) is 0 Å². The molecule has 21 heavy (non-hydrogen) atoms. The van der Waals surface area contributed by atoms with E-state index in [2.05, 4.69) is 75.4 Å². The Morgan fingerprint density at radius 3 is 2.05 bits per heavy atom. The highest BCUT2D eigenvalue weighted by atomic mass is 14.2. The quantitative estimate of drug-likeness (QED) is 0.363. The molecule has 0 aliphatic heterocycles. The van der Waals surface area contributed by atoms with Gasteiger partial charge in [-0.25, -0.2) is 0 Å². The van der Waals surface area contributed by atoms with Gasteiger partial charge in [-0.15, -0.1) is 0 Å². The predicted octanol–water partition coefficient (Wildman–Crippen LogP) is 6.17. The normalized spacial score (nSPS) is 12.7. The van der Waals surface area contributed by atoms with Crippen molar-refractivity contribution in [2.45, 2.75) is 27.2 Å². The largest absolute Gasteiger partial charge is 0.0610 e. The molecule has 0 spiro atoms. The van der Waals surface area contributed by atoms with Crippen LogP contribution in [0.1, 0.15) is 26.3 Å². The van der Waals surface area contributed by atoms with Gasteiger partial charge in [-0.3, -0.25) is 0 Å². The summed E-state index contributed by atoms with van der Waals surface area (Å²) in [5.74, 6) is 0. The first-order chi connectivity index (χ1) is 10.0. The van der Waals surface area contributed by atoms with Crippen LogP contribution >= 0.6 is 0 Å². The smallest absolute Gasteiger partial charge is 0.00240 e. The molecule has 0 saturated carbocycles. The molecule has 0 aliphatic rings. The highest BCUT2D eigenvalue weighted by Gasteiger charge is 2.16. The van der Waals surface area contributed by atoms with E-state index < -0.39 is 0 Å². The van der Waals surface area contributed by atoms with Crippen LogP contribution < -0.4 is 0 Å². The number of hydrogen-bond donors (Lipinski definition) is 0. The molecule has 4 aromatic rings. The molecular weight excluding hydrogens is 252 g/mol. The van der Waals surface area contributed by atoms with E-state index >= 15 is 0 Å². The van der Waals surface area contributed by atoms with Crippen molar-refractivity contribution in [3.05, 3.63) is 60.2 Å². The lowest BCUT2D eigenvalue weighted by molar-refractivity contribution is 0.413. The van der Waals surface area contributed by atoms with E-state index in [0.29, 0.717) is 5.41 Å². The summed E-state index contributed by atoms with van der Waals surface area (Å²) >= 11 is 0. The van der Waals surface area contributed by atoms with Crippen LogP contribution in [0.4, 0.5) is 0 Å². The zero-order chi connectivity index (χ0) is 14.6. The second kappa shape index (κ2) is 4.21. The second-order valence-corrected chi connectivity index (χ2v) is 7.32. The Morgan fingerprint density at radius 1 is 0.714 bits per heavy atom. The Labute approximate surface area is 125 Å². The van der Waals surface area contributed by atoms with Gasteiger partial charge in [0, 0.05) is 0 Å². The molecule has 0 fully saturated rings. The van der Waals surface area contributed by atoms with Crippen LogP contribution in [0.3, 0.4) is 0 Å². The first-order valence-corrected chi connectivity index (χ1v) is 7.68. The van der Waals surface area contributed by atoms with E-state index in [0.717, 1.165) is 6.42 Å². The van der Waals surface area contributed by atoms with Crippen molar-refractivity contribution in [2.75, 3.05) is 0 Å². The Morgan fingerprint density at radius 2 is 1.33 bits per heavy atom. The fraction of sp³-hybridized carbons (Fsp3) is 0.238. The van der Waals surface area contributed by atoms with Crippen molar-refractivity contribution < 1.29 is 0 Å². The fourth-order valence-electron chi connectivity index (χ4n) is 3.55. The van der Waals surface area contributed by atoms with Crippen LogP contribution in [0, 0.1) is 5.41 Å². The Kier molecular flexibility index (Phi) is 2.53. The first-order valence-electron chi connectivity index (χ1n) is 7.68. The van der Waals surface area contributed by atoms with Crippen molar-refractivity contribution in [1.82, 2.24) is 0 Å². The maximum absolute atomic E-state index is 2.40. The van der Waals surface area contributed by atoms with E-state index in [1.54, 1.807) is 0 Å².